The maximum Gasteiger partial charge on any atom is 0.337 e. The van der Waals surface area contributed by atoms with Crippen molar-refractivity contribution in [1.29, 1.82) is 0 Å². The van der Waals surface area contributed by atoms with Crippen LogP contribution in [0.15, 0.2) is 23.1 Å². The van der Waals surface area contributed by atoms with Crippen LogP contribution in [0.4, 0.5) is 5.69 Å². The molecule has 15 heavy (non-hydrogen) atoms. The van der Waals surface area contributed by atoms with Crippen LogP contribution < -0.4 is 10.9 Å². The van der Waals surface area contributed by atoms with E-state index in [0.717, 1.165) is 6.07 Å². The Kier molecular flexibility index (Phi) is 2.96. The molecule has 0 fully saturated rings. The van der Waals surface area contributed by atoms with Crippen LogP contribution in [0.25, 0.3) is 0 Å². The molecule has 82 valence electrons. The number of hydrogen-bond donors (Lipinski definition) is 2. The number of carbonyl (C=O) groups excluding carboxylic acids is 1. The van der Waals surface area contributed by atoms with Crippen molar-refractivity contribution in [3.05, 3.63) is 23.8 Å². The number of primary sulfonamides is 1. The van der Waals surface area contributed by atoms with E-state index in [0.29, 0.717) is 0 Å². The van der Waals surface area contributed by atoms with Crippen LogP contribution in [0.1, 0.15) is 10.4 Å². The highest BCUT2D eigenvalue weighted by Crippen LogP contribution is 2.18. The topological polar surface area (TPSA) is 112 Å². The fraction of sp³-hybridized carbons (Fsp3) is 0.125. The molecule has 0 unspecified atom stereocenters. The molecule has 0 aliphatic rings. The number of benzene rings is 1. The Morgan fingerprint density at radius 1 is 1.40 bits per heavy atom. The van der Waals surface area contributed by atoms with Crippen LogP contribution in [0.5, 0.6) is 0 Å². The van der Waals surface area contributed by atoms with Gasteiger partial charge in [0.1, 0.15) is 4.90 Å². The molecule has 0 aliphatic heterocycles. The highest BCUT2D eigenvalue weighted by atomic mass is 32.2. The first-order valence-electron chi connectivity index (χ1n) is 3.87. The van der Waals surface area contributed by atoms with Crippen molar-refractivity contribution >= 4 is 21.7 Å². The highest BCUT2D eigenvalue weighted by molar-refractivity contribution is 7.89. The summed E-state index contributed by atoms with van der Waals surface area (Å²) in [6.45, 7) is 0. The van der Waals surface area contributed by atoms with Gasteiger partial charge in [0.05, 0.1) is 18.4 Å². The quantitative estimate of drug-likeness (QED) is 0.535. The number of ether oxygens (including phenoxy) is 1. The summed E-state index contributed by atoms with van der Waals surface area (Å²) in [7, 11) is -2.65. The lowest BCUT2D eigenvalue weighted by atomic mass is 10.2. The molecule has 7 heteroatoms. The summed E-state index contributed by atoms with van der Waals surface area (Å²) in [6, 6.07) is 3.64. The lowest BCUT2D eigenvalue weighted by Crippen LogP contribution is -2.15. The number of anilines is 1. The number of nitrogen functional groups attached to an aromatic ring is 1. The summed E-state index contributed by atoms with van der Waals surface area (Å²) in [5, 5.41) is 4.89. The maximum absolute atomic E-state index is 11.1. The molecule has 1 rings (SSSR count). The smallest absolute Gasteiger partial charge is 0.337 e. The van der Waals surface area contributed by atoms with Gasteiger partial charge in [-0.1, -0.05) is 0 Å². The first-order chi connectivity index (χ1) is 6.86. The molecule has 0 aromatic heterocycles. The zero-order chi connectivity index (χ0) is 11.6. The lowest BCUT2D eigenvalue weighted by molar-refractivity contribution is 0.0600. The van der Waals surface area contributed by atoms with Crippen molar-refractivity contribution in [3.63, 3.8) is 0 Å². The number of rotatable bonds is 2. The minimum absolute atomic E-state index is 0.0830. The van der Waals surface area contributed by atoms with E-state index < -0.39 is 16.0 Å². The zero-order valence-corrected chi connectivity index (χ0v) is 8.74. The summed E-state index contributed by atoms with van der Waals surface area (Å²) < 4.78 is 26.4. The molecule has 0 heterocycles. The van der Waals surface area contributed by atoms with E-state index in [-0.39, 0.29) is 16.1 Å². The van der Waals surface area contributed by atoms with Gasteiger partial charge in [0, 0.05) is 0 Å². The monoisotopic (exact) mass is 230 g/mol. The van der Waals surface area contributed by atoms with Crippen LogP contribution >= 0.6 is 0 Å². The van der Waals surface area contributed by atoms with Gasteiger partial charge < -0.3 is 10.5 Å². The summed E-state index contributed by atoms with van der Waals surface area (Å²) in [6.07, 6.45) is 0. The average molecular weight is 230 g/mol. The van der Waals surface area contributed by atoms with Crippen LogP contribution in [0.2, 0.25) is 0 Å². The van der Waals surface area contributed by atoms with Gasteiger partial charge in [0.25, 0.3) is 0 Å². The largest absolute Gasteiger partial charge is 0.465 e. The van der Waals surface area contributed by atoms with Gasteiger partial charge in [-0.05, 0) is 18.2 Å². The first kappa shape index (κ1) is 11.5. The van der Waals surface area contributed by atoms with E-state index in [1.54, 1.807) is 0 Å². The van der Waals surface area contributed by atoms with E-state index >= 15 is 0 Å². The number of carbonyl (C=O) groups is 1. The third kappa shape index (κ3) is 2.45. The lowest BCUT2D eigenvalue weighted by Gasteiger charge is -2.04. The number of nitrogens with two attached hydrogens (primary N) is 2. The fourth-order valence-corrected chi connectivity index (χ4v) is 1.70. The maximum atomic E-state index is 11.1. The molecule has 0 atom stereocenters. The van der Waals surface area contributed by atoms with Crippen molar-refractivity contribution < 1.29 is 17.9 Å². The van der Waals surface area contributed by atoms with Gasteiger partial charge in [-0.15, -0.1) is 0 Å². The van der Waals surface area contributed by atoms with E-state index in [1.807, 2.05) is 0 Å². The van der Waals surface area contributed by atoms with Gasteiger partial charge in [0.2, 0.25) is 10.0 Å². The highest BCUT2D eigenvalue weighted by Gasteiger charge is 2.14. The van der Waals surface area contributed by atoms with E-state index in [1.165, 1.54) is 19.2 Å². The molecule has 0 saturated carbocycles. The van der Waals surface area contributed by atoms with Crippen LogP contribution in [0, 0.1) is 0 Å². The normalized spacial score (nSPS) is 11.1. The second-order valence-corrected chi connectivity index (χ2v) is 4.32. The Hall–Kier alpha value is -1.60. The first-order valence-corrected chi connectivity index (χ1v) is 5.41. The molecule has 0 amide bonds. The summed E-state index contributed by atoms with van der Waals surface area (Å²) in [5.74, 6) is -0.595. The molecule has 0 spiro atoms. The van der Waals surface area contributed by atoms with Crippen LogP contribution in [-0.2, 0) is 14.8 Å². The van der Waals surface area contributed by atoms with Gasteiger partial charge in [-0.25, -0.2) is 18.4 Å². The minimum atomic E-state index is -3.86. The number of hydrogen-bond acceptors (Lipinski definition) is 5. The minimum Gasteiger partial charge on any atom is -0.465 e. The van der Waals surface area contributed by atoms with E-state index in [9.17, 15) is 13.2 Å². The molecule has 0 radical (unpaired) electrons. The number of methoxy groups -OCH3 is 1. The van der Waals surface area contributed by atoms with Gasteiger partial charge >= 0.3 is 5.97 Å². The predicted octanol–water partition coefficient (Wildman–Crippen LogP) is -0.297. The Balaban J connectivity index is 3.27. The Bertz CT molecular complexity index is 495. The summed E-state index contributed by atoms with van der Waals surface area (Å²) in [4.78, 5) is 10.9. The molecule has 1 aromatic rings. The molecule has 4 N–H and O–H groups in total. The number of sulfonamides is 1. The zero-order valence-electron chi connectivity index (χ0n) is 7.93. The molecular formula is C8H10N2O4S. The fourth-order valence-electron chi connectivity index (χ4n) is 1.05. The Morgan fingerprint density at radius 3 is 2.40 bits per heavy atom. The molecule has 0 saturated heterocycles. The van der Waals surface area contributed by atoms with Gasteiger partial charge in [-0.2, -0.15) is 0 Å². The van der Waals surface area contributed by atoms with Crippen molar-refractivity contribution in [2.24, 2.45) is 5.14 Å². The second-order valence-electron chi connectivity index (χ2n) is 2.79. The third-order valence-corrected chi connectivity index (χ3v) is 2.72. The third-order valence-electron chi connectivity index (χ3n) is 1.74. The Labute approximate surface area is 86.9 Å². The van der Waals surface area contributed by atoms with E-state index in [4.69, 9.17) is 10.9 Å². The predicted molar refractivity (Wildman–Crippen MR) is 53.6 cm³/mol. The second kappa shape index (κ2) is 3.87. The van der Waals surface area contributed by atoms with Gasteiger partial charge in [0.15, 0.2) is 0 Å². The van der Waals surface area contributed by atoms with Crippen LogP contribution in [0.3, 0.4) is 0 Å². The molecular weight excluding hydrogens is 220 g/mol. The van der Waals surface area contributed by atoms with Crippen molar-refractivity contribution in [2.45, 2.75) is 4.90 Å². The number of esters is 1. The standard InChI is InChI=1S/C8H10N2O4S/c1-14-8(11)5-2-3-7(6(9)4-5)15(10,12)13/h2-4H,9H2,1H3,(H2,10,12,13). The average Bonchev–Trinajstić information content (AvgIpc) is 2.14. The summed E-state index contributed by atoms with van der Waals surface area (Å²) in [5.41, 5.74) is 5.52. The van der Waals surface area contributed by atoms with Crippen molar-refractivity contribution in [1.82, 2.24) is 0 Å². The van der Waals surface area contributed by atoms with Crippen molar-refractivity contribution in [2.75, 3.05) is 12.8 Å². The molecule has 1 aromatic carbocycles. The SMILES string of the molecule is COC(=O)c1ccc(S(N)(=O)=O)c(N)c1. The van der Waals surface area contributed by atoms with Gasteiger partial charge in [-0.3, -0.25) is 0 Å². The molecule has 6 nitrogen and oxygen atoms in total. The Morgan fingerprint density at radius 2 is 2.00 bits per heavy atom. The summed E-state index contributed by atoms with van der Waals surface area (Å²) >= 11 is 0. The molecule has 0 aliphatic carbocycles. The van der Waals surface area contributed by atoms with Crippen molar-refractivity contribution in [3.8, 4) is 0 Å². The molecule has 0 bridgehead atoms. The van der Waals surface area contributed by atoms with Crippen LogP contribution in [-0.4, -0.2) is 21.5 Å². The van der Waals surface area contributed by atoms with E-state index in [2.05, 4.69) is 4.74 Å².